The van der Waals surface area contributed by atoms with E-state index in [0.29, 0.717) is 0 Å². The molecule has 30 heavy (non-hydrogen) atoms. The van der Waals surface area contributed by atoms with Crippen LogP contribution in [0.2, 0.25) is 0 Å². The fourth-order valence-corrected chi connectivity index (χ4v) is 3.68. The number of carbonyl (C=O) groups excluding carboxylic acids is 1. The second-order valence-corrected chi connectivity index (χ2v) is 7.56. The maximum Gasteiger partial charge on any atom is 0.244 e. The van der Waals surface area contributed by atoms with Crippen LogP contribution in [0, 0.1) is 0 Å². The minimum atomic E-state index is -0.322. The number of likely N-dealkylation sites (N-methyl/N-ethyl adjacent to an activating group) is 2. The molecule has 1 aromatic heterocycles. The minimum Gasteiger partial charge on any atom is -0.338 e. The van der Waals surface area contributed by atoms with Crippen molar-refractivity contribution in [2.24, 2.45) is 7.05 Å². The zero-order valence-electron chi connectivity index (χ0n) is 18.0. The van der Waals surface area contributed by atoms with Gasteiger partial charge in [0.25, 0.3) is 0 Å². The molecule has 3 rings (SSSR count). The van der Waals surface area contributed by atoms with E-state index in [2.05, 4.69) is 57.6 Å². The number of amides is 1. The van der Waals surface area contributed by atoms with Crippen LogP contribution in [0.4, 0.5) is 0 Å². The molecule has 1 fully saturated rings. The topological polar surface area (TPSA) is 56.6 Å². The first-order chi connectivity index (χ1) is 13.6. The molecule has 168 valence electrons. The standard InChI is InChI=1S/C21H32N6O.2ClH/c1-22-20(19-15-23-25(3)17-19)21(28)27-13-11-26(12-14-27)10-9-24(2)16-18-7-5-4-6-8-18;;/h4-8,15,17,20,22H,9-14,16H2,1-3H3;2*1H. The van der Waals surface area contributed by atoms with Crippen LogP contribution in [-0.4, -0.2) is 83.8 Å². The lowest BCUT2D eigenvalue weighted by molar-refractivity contribution is -0.135. The summed E-state index contributed by atoms with van der Waals surface area (Å²) in [5.74, 6) is 0.136. The van der Waals surface area contributed by atoms with Crippen molar-refractivity contribution in [1.29, 1.82) is 0 Å². The normalized spacial score (nSPS) is 15.4. The molecule has 1 atom stereocenters. The van der Waals surface area contributed by atoms with Gasteiger partial charge in [0.15, 0.2) is 0 Å². The highest BCUT2D eigenvalue weighted by molar-refractivity contribution is 5.85. The molecule has 0 radical (unpaired) electrons. The first-order valence-corrected chi connectivity index (χ1v) is 9.96. The Bertz CT molecular complexity index is 749. The smallest absolute Gasteiger partial charge is 0.244 e. The van der Waals surface area contributed by atoms with Crippen molar-refractivity contribution >= 4 is 30.7 Å². The number of aromatic nitrogens is 2. The Kier molecular flexibility index (Phi) is 11.4. The van der Waals surface area contributed by atoms with Gasteiger partial charge in [-0.25, -0.2) is 0 Å². The average molecular weight is 457 g/mol. The number of nitrogens with one attached hydrogen (secondary N) is 1. The van der Waals surface area contributed by atoms with E-state index < -0.39 is 0 Å². The third-order valence-electron chi connectivity index (χ3n) is 5.37. The van der Waals surface area contributed by atoms with E-state index >= 15 is 0 Å². The van der Waals surface area contributed by atoms with E-state index in [9.17, 15) is 4.79 Å². The lowest BCUT2D eigenvalue weighted by Crippen LogP contribution is -2.52. The molecular weight excluding hydrogens is 423 g/mol. The van der Waals surface area contributed by atoms with Crippen LogP contribution in [0.15, 0.2) is 42.7 Å². The van der Waals surface area contributed by atoms with Gasteiger partial charge in [-0.1, -0.05) is 30.3 Å². The van der Waals surface area contributed by atoms with Crippen molar-refractivity contribution < 1.29 is 4.79 Å². The summed E-state index contributed by atoms with van der Waals surface area (Å²) in [6.45, 7) is 6.43. The highest BCUT2D eigenvalue weighted by Gasteiger charge is 2.28. The number of hydrogen-bond acceptors (Lipinski definition) is 5. The van der Waals surface area contributed by atoms with E-state index in [0.717, 1.165) is 51.4 Å². The highest BCUT2D eigenvalue weighted by atomic mass is 35.5. The predicted molar refractivity (Wildman–Crippen MR) is 125 cm³/mol. The Morgan fingerprint density at radius 3 is 2.40 bits per heavy atom. The Balaban J connectivity index is 0.00000225. The van der Waals surface area contributed by atoms with E-state index in [4.69, 9.17) is 0 Å². The van der Waals surface area contributed by atoms with Gasteiger partial charge in [-0.15, -0.1) is 24.8 Å². The molecule has 7 nitrogen and oxygen atoms in total. The number of hydrogen-bond donors (Lipinski definition) is 1. The third kappa shape index (κ3) is 7.25. The van der Waals surface area contributed by atoms with E-state index in [1.54, 1.807) is 10.9 Å². The summed E-state index contributed by atoms with van der Waals surface area (Å²) in [6.07, 6.45) is 3.66. The maximum atomic E-state index is 12.9. The van der Waals surface area contributed by atoms with Crippen LogP contribution in [-0.2, 0) is 18.4 Å². The lowest BCUT2D eigenvalue weighted by atomic mass is 10.1. The molecule has 0 saturated carbocycles. The largest absolute Gasteiger partial charge is 0.338 e. The summed E-state index contributed by atoms with van der Waals surface area (Å²) in [5.41, 5.74) is 2.26. The number of carbonyl (C=O) groups is 1. The van der Waals surface area contributed by atoms with Crippen LogP contribution >= 0.6 is 24.8 Å². The molecule has 9 heteroatoms. The number of rotatable bonds is 8. The van der Waals surface area contributed by atoms with Gasteiger partial charge in [-0.2, -0.15) is 5.10 Å². The number of halogens is 2. The molecule has 2 heterocycles. The van der Waals surface area contributed by atoms with Gasteiger partial charge in [-0.05, 0) is 19.7 Å². The summed E-state index contributed by atoms with van der Waals surface area (Å²) >= 11 is 0. The molecule has 1 aromatic carbocycles. The monoisotopic (exact) mass is 456 g/mol. The van der Waals surface area contributed by atoms with Gasteiger partial charge < -0.3 is 15.1 Å². The Morgan fingerprint density at radius 1 is 1.17 bits per heavy atom. The van der Waals surface area contributed by atoms with Gasteiger partial charge in [0, 0.05) is 64.6 Å². The van der Waals surface area contributed by atoms with Crippen molar-refractivity contribution in [1.82, 2.24) is 29.8 Å². The van der Waals surface area contributed by atoms with E-state index in [-0.39, 0.29) is 36.8 Å². The van der Waals surface area contributed by atoms with Gasteiger partial charge in [0.1, 0.15) is 6.04 Å². The molecular formula is C21H34Cl2N6O. The number of piperazine rings is 1. The third-order valence-corrected chi connectivity index (χ3v) is 5.37. The first-order valence-electron chi connectivity index (χ1n) is 9.96. The zero-order valence-corrected chi connectivity index (χ0v) is 19.7. The summed E-state index contributed by atoms with van der Waals surface area (Å²) in [4.78, 5) is 19.7. The second-order valence-electron chi connectivity index (χ2n) is 7.56. The summed E-state index contributed by atoms with van der Waals surface area (Å²) in [7, 11) is 5.86. The molecule has 1 N–H and O–H groups in total. The highest BCUT2D eigenvalue weighted by Crippen LogP contribution is 2.16. The lowest BCUT2D eigenvalue weighted by Gasteiger charge is -2.36. The molecule has 1 unspecified atom stereocenters. The Hall–Kier alpha value is -1.64. The SMILES string of the molecule is CNC(C(=O)N1CCN(CCN(C)Cc2ccccc2)CC1)c1cnn(C)c1.Cl.Cl. The zero-order chi connectivity index (χ0) is 19.9. The Labute approximate surface area is 192 Å². The Morgan fingerprint density at radius 2 is 1.83 bits per heavy atom. The number of nitrogens with zero attached hydrogens (tertiary/aromatic N) is 5. The van der Waals surface area contributed by atoms with E-state index in [1.165, 1.54) is 5.56 Å². The first kappa shape index (κ1) is 26.4. The number of benzene rings is 1. The summed E-state index contributed by atoms with van der Waals surface area (Å²) in [5, 5.41) is 7.33. The predicted octanol–water partition coefficient (Wildman–Crippen LogP) is 1.80. The minimum absolute atomic E-state index is 0. The van der Waals surface area contributed by atoms with Crippen LogP contribution < -0.4 is 5.32 Å². The van der Waals surface area contributed by atoms with Gasteiger partial charge in [0.2, 0.25) is 5.91 Å². The van der Waals surface area contributed by atoms with Crippen molar-refractivity contribution in [2.45, 2.75) is 12.6 Å². The molecule has 2 aromatic rings. The van der Waals surface area contributed by atoms with Gasteiger partial charge >= 0.3 is 0 Å². The quantitative estimate of drug-likeness (QED) is 0.656. The average Bonchev–Trinajstić information content (AvgIpc) is 3.14. The fraction of sp³-hybridized carbons (Fsp3) is 0.524. The van der Waals surface area contributed by atoms with Crippen molar-refractivity contribution in [3.8, 4) is 0 Å². The van der Waals surface area contributed by atoms with Crippen molar-refractivity contribution in [2.75, 3.05) is 53.4 Å². The summed E-state index contributed by atoms with van der Waals surface area (Å²) < 4.78 is 1.73. The van der Waals surface area contributed by atoms with Crippen LogP contribution in [0.3, 0.4) is 0 Å². The van der Waals surface area contributed by atoms with E-state index in [1.807, 2.05) is 25.2 Å². The van der Waals surface area contributed by atoms with Crippen LogP contribution in [0.5, 0.6) is 0 Å². The number of aryl methyl sites for hydroxylation is 1. The van der Waals surface area contributed by atoms with Crippen molar-refractivity contribution in [3.05, 3.63) is 53.9 Å². The maximum absolute atomic E-state index is 12.9. The van der Waals surface area contributed by atoms with Crippen molar-refractivity contribution in [3.63, 3.8) is 0 Å². The fourth-order valence-electron chi connectivity index (χ4n) is 3.68. The molecule has 1 saturated heterocycles. The van der Waals surface area contributed by atoms with Crippen LogP contribution in [0.1, 0.15) is 17.2 Å². The molecule has 0 bridgehead atoms. The van der Waals surface area contributed by atoms with Crippen LogP contribution in [0.25, 0.3) is 0 Å². The molecule has 1 aliphatic rings. The molecule has 1 aliphatic heterocycles. The summed E-state index contributed by atoms with van der Waals surface area (Å²) in [6, 6.07) is 10.2. The van der Waals surface area contributed by atoms with Gasteiger partial charge in [-0.3, -0.25) is 14.4 Å². The molecule has 0 spiro atoms. The molecule has 1 amide bonds. The van der Waals surface area contributed by atoms with Gasteiger partial charge in [0.05, 0.1) is 6.20 Å². The second kappa shape index (κ2) is 12.9. The molecule has 0 aliphatic carbocycles.